The van der Waals surface area contributed by atoms with Crippen molar-refractivity contribution in [2.45, 2.75) is 25.6 Å². The molecule has 0 radical (unpaired) electrons. The first-order valence-electron chi connectivity index (χ1n) is 5.86. The van der Waals surface area contributed by atoms with Gasteiger partial charge in [0.05, 0.1) is 12.3 Å². The molecule has 0 bridgehead atoms. The van der Waals surface area contributed by atoms with Crippen LogP contribution in [0, 0.1) is 0 Å². The molecule has 2 heterocycles. The molecular weight excluding hydrogens is 266 g/mol. The topological polar surface area (TPSA) is 99.1 Å². The molecule has 0 fully saturated rings. The fourth-order valence-corrected chi connectivity index (χ4v) is 2.37. The van der Waals surface area contributed by atoms with Crippen molar-refractivity contribution in [1.82, 2.24) is 15.2 Å². The van der Waals surface area contributed by atoms with Crippen LogP contribution in [0.3, 0.4) is 0 Å². The lowest BCUT2D eigenvalue weighted by Crippen LogP contribution is -2.19. The van der Waals surface area contributed by atoms with Gasteiger partial charge in [-0.05, 0) is 12.5 Å². The predicted octanol–water partition coefficient (Wildman–Crippen LogP) is 1.02. The molecule has 19 heavy (non-hydrogen) atoms. The standard InChI is InChI=1S/C12H15N3O3S/c1-7(16)19-3-2-10(17)11(18)8-4-9-6-14-15-12(9)13-5-8/h4-6,10-11,17-18H,2-3H2,1H3,(H,13,14,15). The predicted molar refractivity (Wildman–Crippen MR) is 72.6 cm³/mol. The van der Waals surface area contributed by atoms with Gasteiger partial charge in [-0.3, -0.25) is 9.89 Å². The lowest BCUT2D eigenvalue weighted by Gasteiger charge is -2.17. The second kappa shape index (κ2) is 6.14. The van der Waals surface area contributed by atoms with E-state index in [4.69, 9.17) is 0 Å². The van der Waals surface area contributed by atoms with E-state index in [2.05, 4.69) is 15.2 Å². The SMILES string of the molecule is CC(=O)SCCC(O)C(O)c1cnc2[nH]ncc2c1. The molecule has 2 rings (SSSR count). The maximum Gasteiger partial charge on any atom is 0.185 e. The molecule has 2 atom stereocenters. The normalized spacial score (nSPS) is 14.5. The molecule has 3 N–H and O–H groups in total. The summed E-state index contributed by atoms with van der Waals surface area (Å²) in [7, 11) is 0. The average molecular weight is 281 g/mol. The van der Waals surface area contributed by atoms with Crippen LogP contribution in [0.2, 0.25) is 0 Å². The molecule has 6 nitrogen and oxygen atoms in total. The highest BCUT2D eigenvalue weighted by molar-refractivity contribution is 8.13. The Kier molecular flexibility index (Phi) is 4.52. The monoisotopic (exact) mass is 281 g/mol. The molecule has 2 aromatic rings. The number of carbonyl (C=O) groups is 1. The first-order chi connectivity index (χ1) is 9.08. The van der Waals surface area contributed by atoms with Crippen LogP contribution in [0.15, 0.2) is 18.5 Å². The van der Waals surface area contributed by atoms with Crippen molar-refractivity contribution in [2.75, 3.05) is 5.75 Å². The smallest absolute Gasteiger partial charge is 0.185 e. The van der Waals surface area contributed by atoms with Crippen LogP contribution in [0.1, 0.15) is 25.0 Å². The van der Waals surface area contributed by atoms with Crippen LogP contribution in [-0.4, -0.2) is 42.4 Å². The Hall–Kier alpha value is -1.44. The number of nitrogens with zero attached hydrogens (tertiary/aromatic N) is 2. The van der Waals surface area contributed by atoms with Gasteiger partial charge in [-0.15, -0.1) is 0 Å². The minimum Gasteiger partial charge on any atom is -0.390 e. The number of pyridine rings is 1. The van der Waals surface area contributed by atoms with Crippen LogP contribution in [-0.2, 0) is 4.79 Å². The van der Waals surface area contributed by atoms with Gasteiger partial charge in [0.2, 0.25) is 0 Å². The number of hydrogen-bond acceptors (Lipinski definition) is 6. The molecule has 0 amide bonds. The average Bonchev–Trinajstić information content (AvgIpc) is 2.84. The largest absolute Gasteiger partial charge is 0.390 e. The van der Waals surface area contributed by atoms with Crippen LogP contribution in [0.4, 0.5) is 0 Å². The van der Waals surface area contributed by atoms with Gasteiger partial charge < -0.3 is 10.2 Å². The molecule has 102 valence electrons. The van der Waals surface area contributed by atoms with Crippen molar-refractivity contribution in [2.24, 2.45) is 0 Å². The number of hydrogen-bond donors (Lipinski definition) is 3. The Balaban J connectivity index is 2.01. The maximum atomic E-state index is 10.8. The summed E-state index contributed by atoms with van der Waals surface area (Å²) in [5.74, 6) is 0.481. The van der Waals surface area contributed by atoms with Crippen LogP contribution in [0.25, 0.3) is 11.0 Å². The molecule has 2 unspecified atom stereocenters. The summed E-state index contributed by atoms with van der Waals surface area (Å²) in [6, 6.07) is 1.73. The maximum absolute atomic E-state index is 10.8. The second-order valence-electron chi connectivity index (χ2n) is 4.22. The van der Waals surface area contributed by atoms with E-state index >= 15 is 0 Å². The van der Waals surface area contributed by atoms with Gasteiger partial charge in [0.25, 0.3) is 0 Å². The Bertz CT molecular complexity index is 572. The van der Waals surface area contributed by atoms with Gasteiger partial charge in [-0.25, -0.2) is 4.98 Å². The third-order valence-electron chi connectivity index (χ3n) is 2.74. The first kappa shape index (κ1) is 14.0. The van der Waals surface area contributed by atoms with Crippen molar-refractivity contribution >= 4 is 27.9 Å². The van der Waals surface area contributed by atoms with Gasteiger partial charge in [0.15, 0.2) is 10.8 Å². The number of H-pyrrole nitrogens is 1. The Labute approximate surface area is 114 Å². The highest BCUT2D eigenvalue weighted by Gasteiger charge is 2.19. The van der Waals surface area contributed by atoms with Crippen molar-refractivity contribution in [3.63, 3.8) is 0 Å². The number of aliphatic hydroxyl groups excluding tert-OH is 2. The number of carbonyl (C=O) groups excluding carboxylic acids is 1. The number of rotatable bonds is 5. The van der Waals surface area contributed by atoms with Crippen molar-refractivity contribution in [3.05, 3.63) is 24.0 Å². The number of aliphatic hydroxyl groups is 2. The zero-order chi connectivity index (χ0) is 13.8. The fraction of sp³-hybridized carbons (Fsp3) is 0.417. The highest BCUT2D eigenvalue weighted by Crippen LogP contribution is 2.22. The summed E-state index contributed by atoms with van der Waals surface area (Å²) in [5.41, 5.74) is 1.17. The summed E-state index contributed by atoms with van der Waals surface area (Å²) < 4.78 is 0. The molecular formula is C12H15N3O3S. The number of aromatic amines is 1. The number of nitrogens with one attached hydrogen (secondary N) is 1. The van der Waals surface area contributed by atoms with E-state index in [0.29, 0.717) is 23.4 Å². The van der Waals surface area contributed by atoms with Crippen molar-refractivity contribution in [1.29, 1.82) is 0 Å². The fourth-order valence-electron chi connectivity index (χ4n) is 1.72. The Morgan fingerprint density at radius 1 is 1.47 bits per heavy atom. The molecule has 2 aromatic heterocycles. The Morgan fingerprint density at radius 2 is 2.26 bits per heavy atom. The van der Waals surface area contributed by atoms with Crippen LogP contribution in [0.5, 0.6) is 0 Å². The van der Waals surface area contributed by atoms with E-state index in [0.717, 1.165) is 17.1 Å². The summed E-state index contributed by atoms with van der Waals surface area (Å²) >= 11 is 1.14. The molecule has 7 heteroatoms. The van der Waals surface area contributed by atoms with E-state index in [9.17, 15) is 15.0 Å². The second-order valence-corrected chi connectivity index (χ2v) is 5.49. The minimum absolute atomic E-state index is 0.00294. The molecule has 0 aliphatic heterocycles. The van der Waals surface area contributed by atoms with E-state index < -0.39 is 12.2 Å². The first-order valence-corrected chi connectivity index (χ1v) is 6.85. The Morgan fingerprint density at radius 3 is 3.00 bits per heavy atom. The molecule has 0 saturated carbocycles. The van der Waals surface area contributed by atoms with E-state index in [1.165, 1.54) is 13.1 Å². The summed E-state index contributed by atoms with van der Waals surface area (Å²) in [6.45, 7) is 1.48. The highest BCUT2D eigenvalue weighted by atomic mass is 32.2. The van der Waals surface area contributed by atoms with E-state index in [1.807, 2.05) is 0 Å². The van der Waals surface area contributed by atoms with Crippen LogP contribution < -0.4 is 0 Å². The quantitative estimate of drug-likeness (QED) is 0.757. The van der Waals surface area contributed by atoms with E-state index in [-0.39, 0.29) is 5.12 Å². The zero-order valence-corrected chi connectivity index (χ0v) is 11.2. The number of fused-ring (bicyclic) bond motifs is 1. The number of thioether (sulfide) groups is 1. The van der Waals surface area contributed by atoms with Gasteiger partial charge in [-0.2, -0.15) is 5.10 Å². The lowest BCUT2D eigenvalue weighted by atomic mass is 10.0. The lowest BCUT2D eigenvalue weighted by molar-refractivity contribution is -0.109. The third-order valence-corrected chi connectivity index (χ3v) is 3.58. The summed E-state index contributed by atoms with van der Waals surface area (Å²) in [6.07, 6.45) is 1.52. The molecule has 0 saturated heterocycles. The molecule has 0 aromatic carbocycles. The zero-order valence-electron chi connectivity index (χ0n) is 10.4. The van der Waals surface area contributed by atoms with Crippen molar-refractivity contribution in [3.8, 4) is 0 Å². The van der Waals surface area contributed by atoms with Crippen molar-refractivity contribution < 1.29 is 15.0 Å². The van der Waals surface area contributed by atoms with E-state index in [1.54, 1.807) is 12.3 Å². The molecule has 0 aliphatic carbocycles. The van der Waals surface area contributed by atoms with Gasteiger partial charge in [-0.1, -0.05) is 11.8 Å². The van der Waals surface area contributed by atoms with Crippen LogP contribution >= 0.6 is 11.8 Å². The minimum atomic E-state index is -1.01. The van der Waals surface area contributed by atoms with Gasteiger partial charge in [0.1, 0.15) is 6.10 Å². The summed E-state index contributed by atoms with van der Waals surface area (Å²) in [5, 5.41) is 27.3. The summed E-state index contributed by atoms with van der Waals surface area (Å²) in [4.78, 5) is 14.9. The molecule has 0 spiro atoms. The third kappa shape index (κ3) is 3.52. The number of aromatic nitrogens is 3. The van der Waals surface area contributed by atoms with Gasteiger partial charge >= 0.3 is 0 Å². The van der Waals surface area contributed by atoms with Gasteiger partial charge in [0, 0.05) is 29.8 Å². The molecule has 0 aliphatic rings.